The first kappa shape index (κ1) is 9.68. The zero-order valence-electron chi connectivity index (χ0n) is 7.21. The molecule has 12 heavy (non-hydrogen) atoms. The Bertz CT molecular complexity index is 275. The van der Waals surface area contributed by atoms with Crippen molar-refractivity contribution in [2.45, 2.75) is 26.4 Å². The van der Waals surface area contributed by atoms with Crippen LogP contribution in [0.3, 0.4) is 0 Å². The van der Waals surface area contributed by atoms with Gasteiger partial charge < -0.3 is 5.11 Å². The van der Waals surface area contributed by atoms with Crippen molar-refractivity contribution >= 4 is 15.9 Å². The third kappa shape index (κ3) is 2.05. The molecule has 0 aliphatic heterocycles. The molecule has 0 saturated heterocycles. The highest BCUT2D eigenvalue weighted by atomic mass is 79.9. The second kappa shape index (κ2) is 4.01. The Morgan fingerprint density at radius 2 is 2.33 bits per heavy atom. The highest BCUT2D eigenvalue weighted by Gasteiger charge is 2.08. The Morgan fingerprint density at radius 1 is 1.67 bits per heavy atom. The van der Waals surface area contributed by atoms with Gasteiger partial charge in [0, 0.05) is 21.9 Å². The van der Waals surface area contributed by atoms with Crippen molar-refractivity contribution in [1.29, 1.82) is 0 Å². The number of halogens is 1. The Kier molecular flexibility index (Phi) is 3.23. The molecule has 0 radical (unpaired) electrons. The van der Waals surface area contributed by atoms with Gasteiger partial charge in [-0.3, -0.25) is 4.98 Å². The van der Waals surface area contributed by atoms with Crippen LogP contribution in [0, 0.1) is 6.92 Å². The van der Waals surface area contributed by atoms with Crippen molar-refractivity contribution in [2.75, 3.05) is 0 Å². The third-order valence-electron chi connectivity index (χ3n) is 1.84. The Balaban J connectivity index is 3.04. The van der Waals surface area contributed by atoms with E-state index in [1.807, 2.05) is 19.9 Å². The zero-order valence-corrected chi connectivity index (χ0v) is 8.80. The minimum absolute atomic E-state index is 0.394. The molecule has 0 spiro atoms. The van der Waals surface area contributed by atoms with E-state index in [1.165, 1.54) is 0 Å². The maximum atomic E-state index is 9.57. The predicted octanol–water partition coefficient (Wildman–Crippen LogP) is 2.60. The van der Waals surface area contributed by atoms with Gasteiger partial charge >= 0.3 is 0 Å². The Labute approximate surface area is 80.8 Å². The van der Waals surface area contributed by atoms with Crippen molar-refractivity contribution in [3.05, 3.63) is 28.0 Å². The van der Waals surface area contributed by atoms with Gasteiger partial charge in [0.05, 0.1) is 6.10 Å². The summed E-state index contributed by atoms with van der Waals surface area (Å²) in [5.74, 6) is 0. The molecule has 0 aromatic carbocycles. The lowest BCUT2D eigenvalue weighted by molar-refractivity contribution is 0.172. The standard InChI is InChI=1S/C9H12BrNO/c1-3-9(12)8-4-7(10)5-11-6(8)2/h4-5,9,12H,3H2,1-2H3. The van der Waals surface area contributed by atoms with Gasteiger partial charge in [-0.25, -0.2) is 0 Å². The van der Waals surface area contributed by atoms with Crippen molar-refractivity contribution < 1.29 is 5.11 Å². The van der Waals surface area contributed by atoms with Crippen LogP contribution in [-0.2, 0) is 0 Å². The molecule has 0 fully saturated rings. The minimum atomic E-state index is -0.394. The van der Waals surface area contributed by atoms with Gasteiger partial charge in [-0.05, 0) is 35.3 Å². The number of nitrogens with zero attached hydrogens (tertiary/aromatic N) is 1. The van der Waals surface area contributed by atoms with E-state index < -0.39 is 6.10 Å². The van der Waals surface area contributed by atoms with Gasteiger partial charge in [0.25, 0.3) is 0 Å². The number of aromatic nitrogens is 1. The second-order valence-electron chi connectivity index (χ2n) is 2.75. The maximum absolute atomic E-state index is 9.57. The van der Waals surface area contributed by atoms with Crippen LogP contribution in [0.1, 0.15) is 30.7 Å². The maximum Gasteiger partial charge on any atom is 0.0805 e. The lowest BCUT2D eigenvalue weighted by Gasteiger charge is -2.10. The number of aliphatic hydroxyl groups is 1. The van der Waals surface area contributed by atoms with E-state index in [1.54, 1.807) is 6.20 Å². The summed E-state index contributed by atoms with van der Waals surface area (Å²) in [6, 6.07) is 1.91. The molecule has 1 aromatic heterocycles. The first-order valence-corrected chi connectivity index (χ1v) is 4.74. The van der Waals surface area contributed by atoms with Crippen LogP contribution in [0.4, 0.5) is 0 Å². The summed E-state index contributed by atoms with van der Waals surface area (Å²) in [6.45, 7) is 3.85. The first-order valence-electron chi connectivity index (χ1n) is 3.95. The molecule has 1 atom stereocenters. The Morgan fingerprint density at radius 3 is 2.92 bits per heavy atom. The molecule has 0 aliphatic rings. The van der Waals surface area contributed by atoms with E-state index in [4.69, 9.17) is 0 Å². The molecule has 1 unspecified atom stereocenters. The van der Waals surface area contributed by atoms with Crippen LogP contribution >= 0.6 is 15.9 Å². The number of pyridine rings is 1. The monoisotopic (exact) mass is 229 g/mol. The van der Waals surface area contributed by atoms with E-state index in [0.717, 1.165) is 22.2 Å². The molecule has 1 heterocycles. The molecule has 0 aliphatic carbocycles. The van der Waals surface area contributed by atoms with E-state index in [2.05, 4.69) is 20.9 Å². The van der Waals surface area contributed by atoms with Crippen LogP contribution in [0.25, 0.3) is 0 Å². The number of rotatable bonds is 2. The largest absolute Gasteiger partial charge is 0.388 e. The van der Waals surface area contributed by atoms with Crippen LogP contribution in [0.5, 0.6) is 0 Å². The lowest BCUT2D eigenvalue weighted by Crippen LogP contribution is -1.99. The molecular weight excluding hydrogens is 218 g/mol. The highest BCUT2D eigenvalue weighted by Crippen LogP contribution is 2.21. The van der Waals surface area contributed by atoms with E-state index >= 15 is 0 Å². The van der Waals surface area contributed by atoms with Crippen molar-refractivity contribution in [3.63, 3.8) is 0 Å². The highest BCUT2D eigenvalue weighted by molar-refractivity contribution is 9.10. The molecule has 1 aromatic rings. The number of hydrogen-bond acceptors (Lipinski definition) is 2. The van der Waals surface area contributed by atoms with Gasteiger partial charge in [-0.15, -0.1) is 0 Å². The van der Waals surface area contributed by atoms with Crippen molar-refractivity contribution in [3.8, 4) is 0 Å². The summed E-state index contributed by atoms with van der Waals surface area (Å²) in [5.41, 5.74) is 1.81. The molecule has 2 nitrogen and oxygen atoms in total. The molecule has 1 rings (SSSR count). The predicted molar refractivity (Wildman–Crippen MR) is 51.9 cm³/mol. The zero-order chi connectivity index (χ0) is 9.14. The number of aliphatic hydroxyl groups excluding tert-OH is 1. The average Bonchev–Trinajstić information content (AvgIpc) is 2.08. The second-order valence-corrected chi connectivity index (χ2v) is 3.67. The van der Waals surface area contributed by atoms with Crippen LogP contribution in [0.15, 0.2) is 16.7 Å². The van der Waals surface area contributed by atoms with Gasteiger partial charge in [0.2, 0.25) is 0 Å². The van der Waals surface area contributed by atoms with Crippen molar-refractivity contribution in [1.82, 2.24) is 4.98 Å². The SMILES string of the molecule is CCC(O)c1cc(Br)cnc1C. The van der Waals surface area contributed by atoms with Gasteiger partial charge in [-0.1, -0.05) is 6.92 Å². The summed E-state index contributed by atoms with van der Waals surface area (Å²) >= 11 is 3.32. The Hall–Kier alpha value is -0.410. The number of aryl methyl sites for hydroxylation is 1. The van der Waals surface area contributed by atoms with Crippen molar-refractivity contribution in [2.24, 2.45) is 0 Å². The average molecular weight is 230 g/mol. The summed E-state index contributed by atoms with van der Waals surface area (Å²) in [7, 11) is 0. The fraction of sp³-hybridized carbons (Fsp3) is 0.444. The molecule has 0 amide bonds. The van der Waals surface area contributed by atoms with Crippen LogP contribution in [-0.4, -0.2) is 10.1 Å². The topological polar surface area (TPSA) is 33.1 Å². The van der Waals surface area contributed by atoms with Gasteiger partial charge in [0.15, 0.2) is 0 Å². The van der Waals surface area contributed by atoms with E-state index in [-0.39, 0.29) is 0 Å². The number of hydrogen-bond donors (Lipinski definition) is 1. The molecule has 1 N–H and O–H groups in total. The van der Waals surface area contributed by atoms with Gasteiger partial charge in [0.1, 0.15) is 0 Å². The molecule has 3 heteroatoms. The normalized spacial score (nSPS) is 13.0. The van der Waals surface area contributed by atoms with Crippen LogP contribution in [0.2, 0.25) is 0 Å². The van der Waals surface area contributed by atoms with E-state index in [0.29, 0.717) is 0 Å². The lowest BCUT2D eigenvalue weighted by atomic mass is 10.1. The molecule has 0 saturated carbocycles. The molecular formula is C9H12BrNO. The summed E-state index contributed by atoms with van der Waals surface area (Å²) < 4.78 is 0.913. The summed E-state index contributed by atoms with van der Waals surface area (Å²) in [6.07, 6.45) is 2.06. The molecule has 66 valence electrons. The summed E-state index contributed by atoms with van der Waals surface area (Å²) in [4.78, 5) is 4.14. The van der Waals surface area contributed by atoms with E-state index in [9.17, 15) is 5.11 Å². The fourth-order valence-corrected chi connectivity index (χ4v) is 1.43. The summed E-state index contributed by atoms with van der Waals surface area (Å²) in [5, 5.41) is 9.57. The minimum Gasteiger partial charge on any atom is -0.388 e. The quantitative estimate of drug-likeness (QED) is 0.846. The fourth-order valence-electron chi connectivity index (χ4n) is 1.08. The van der Waals surface area contributed by atoms with Crippen LogP contribution < -0.4 is 0 Å². The third-order valence-corrected chi connectivity index (χ3v) is 2.27. The smallest absolute Gasteiger partial charge is 0.0805 e. The molecule has 0 bridgehead atoms. The van der Waals surface area contributed by atoms with Gasteiger partial charge in [-0.2, -0.15) is 0 Å². The first-order chi connectivity index (χ1) is 5.65.